The van der Waals surface area contributed by atoms with E-state index >= 15 is 0 Å². The van der Waals surface area contributed by atoms with Crippen LogP contribution in [0.15, 0.2) is 12.2 Å². The fraction of sp³-hybridized carbons (Fsp3) is 0.727. The predicted octanol–water partition coefficient (Wildman–Crippen LogP) is 1.20. The molecule has 3 N–H and O–H groups in total. The minimum atomic E-state index is -0.0187. The normalized spacial score (nSPS) is 20.1. The molecule has 1 aliphatic carbocycles. The Balaban J connectivity index is 2.41. The Labute approximate surface area is 85.7 Å². The molecular weight excluding hydrogens is 176 g/mol. The summed E-state index contributed by atoms with van der Waals surface area (Å²) in [5.41, 5.74) is 5.66. The Morgan fingerprint density at radius 2 is 2.21 bits per heavy atom. The lowest BCUT2D eigenvalue weighted by Crippen LogP contribution is -2.43. The van der Waals surface area contributed by atoms with Gasteiger partial charge in [0.2, 0.25) is 5.91 Å². The van der Waals surface area contributed by atoms with E-state index in [1.807, 2.05) is 6.92 Å². The number of amides is 1. The Morgan fingerprint density at radius 1 is 1.57 bits per heavy atom. The summed E-state index contributed by atoms with van der Waals surface area (Å²) in [5.74, 6) is 0.573. The van der Waals surface area contributed by atoms with Gasteiger partial charge in [-0.15, -0.1) is 0 Å². The Kier molecular flexibility index (Phi) is 4.66. The number of carbonyl (C=O) groups is 1. The van der Waals surface area contributed by atoms with E-state index in [9.17, 15) is 4.79 Å². The van der Waals surface area contributed by atoms with Gasteiger partial charge in [0.15, 0.2) is 0 Å². The van der Waals surface area contributed by atoms with E-state index in [-0.39, 0.29) is 11.9 Å². The molecule has 0 aromatic heterocycles. The van der Waals surface area contributed by atoms with Crippen LogP contribution in [0.1, 0.15) is 32.6 Å². The summed E-state index contributed by atoms with van der Waals surface area (Å²) in [6.45, 7) is 2.39. The molecule has 3 nitrogen and oxygen atoms in total. The van der Waals surface area contributed by atoms with E-state index < -0.39 is 0 Å². The Morgan fingerprint density at radius 3 is 2.71 bits per heavy atom. The van der Waals surface area contributed by atoms with E-state index in [0.29, 0.717) is 12.5 Å². The maximum absolute atomic E-state index is 11.3. The van der Waals surface area contributed by atoms with Crippen LogP contribution in [0.2, 0.25) is 0 Å². The van der Waals surface area contributed by atoms with Crippen molar-refractivity contribution >= 4 is 5.91 Å². The second kappa shape index (κ2) is 5.81. The van der Waals surface area contributed by atoms with Crippen LogP contribution in [0.4, 0.5) is 0 Å². The van der Waals surface area contributed by atoms with Crippen molar-refractivity contribution in [3.8, 4) is 0 Å². The van der Waals surface area contributed by atoms with Crippen LogP contribution < -0.4 is 11.1 Å². The molecule has 0 aliphatic heterocycles. The minimum Gasteiger partial charge on any atom is -0.348 e. The highest BCUT2D eigenvalue weighted by molar-refractivity contribution is 5.87. The zero-order chi connectivity index (χ0) is 10.4. The van der Waals surface area contributed by atoms with Crippen molar-refractivity contribution in [2.75, 3.05) is 6.54 Å². The fourth-order valence-corrected chi connectivity index (χ4v) is 2.11. The number of nitrogens with two attached hydrogens (primary N) is 1. The second-order valence-electron chi connectivity index (χ2n) is 3.90. The topological polar surface area (TPSA) is 55.1 Å². The van der Waals surface area contributed by atoms with Crippen molar-refractivity contribution in [2.24, 2.45) is 11.7 Å². The van der Waals surface area contributed by atoms with Crippen molar-refractivity contribution in [3.63, 3.8) is 0 Å². The minimum absolute atomic E-state index is 0.0187. The smallest absolute Gasteiger partial charge is 0.243 e. The van der Waals surface area contributed by atoms with E-state index in [2.05, 4.69) is 5.32 Å². The lowest BCUT2D eigenvalue weighted by molar-refractivity contribution is -0.117. The van der Waals surface area contributed by atoms with Crippen LogP contribution in [0.3, 0.4) is 0 Å². The van der Waals surface area contributed by atoms with Gasteiger partial charge in [0.25, 0.3) is 0 Å². The molecule has 0 spiro atoms. The van der Waals surface area contributed by atoms with Gasteiger partial charge in [-0.25, -0.2) is 0 Å². The van der Waals surface area contributed by atoms with E-state index in [0.717, 1.165) is 0 Å². The zero-order valence-electron chi connectivity index (χ0n) is 8.83. The lowest BCUT2D eigenvalue weighted by Gasteiger charge is -2.22. The van der Waals surface area contributed by atoms with Gasteiger partial charge in [0.05, 0.1) is 0 Å². The van der Waals surface area contributed by atoms with Gasteiger partial charge >= 0.3 is 0 Å². The predicted molar refractivity (Wildman–Crippen MR) is 57.8 cm³/mol. The molecule has 0 aromatic rings. The van der Waals surface area contributed by atoms with Gasteiger partial charge in [0, 0.05) is 12.6 Å². The summed E-state index contributed by atoms with van der Waals surface area (Å²) in [7, 11) is 0. The number of allylic oxidation sites excluding steroid dienone is 1. The first-order valence-electron chi connectivity index (χ1n) is 5.41. The van der Waals surface area contributed by atoms with Crippen LogP contribution in [-0.4, -0.2) is 18.5 Å². The third kappa shape index (κ3) is 3.14. The summed E-state index contributed by atoms with van der Waals surface area (Å²) < 4.78 is 0. The van der Waals surface area contributed by atoms with Crippen LogP contribution in [0, 0.1) is 5.92 Å². The number of hydrogen-bond acceptors (Lipinski definition) is 2. The number of carbonyl (C=O) groups excluding carboxylic acids is 1. The highest BCUT2D eigenvalue weighted by Gasteiger charge is 2.24. The van der Waals surface area contributed by atoms with E-state index in [4.69, 9.17) is 5.73 Å². The summed E-state index contributed by atoms with van der Waals surface area (Å²) in [6.07, 6.45) is 8.27. The lowest BCUT2D eigenvalue weighted by atomic mass is 9.98. The summed E-state index contributed by atoms with van der Waals surface area (Å²) in [4.78, 5) is 11.3. The second-order valence-corrected chi connectivity index (χ2v) is 3.90. The first-order chi connectivity index (χ1) is 6.77. The van der Waals surface area contributed by atoms with Gasteiger partial charge in [0.1, 0.15) is 0 Å². The molecule has 1 fully saturated rings. The molecule has 0 radical (unpaired) electrons. The molecule has 1 amide bonds. The molecule has 1 saturated carbocycles. The molecule has 0 heterocycles. The van der Waals surface area contributed by atoms with Gasteiger partial charge in [-0.2, -0.15) is 0 Å². The number of nitrogens with one attached hydrogen (secondary N) is 1. The average Bonchev–Trinajstić information content (AvgIpc) is 2.67. The maximum Gasteiger partial charge on any atom is 0.243 e. The molecule has 80 valence electrons. The third-order valence-corrected chi connectivity index (χ3v) is 2.87. The molecule has 0 saturated heterocycles. The third-order valence-electron chi connectivity index (χ3n) is 2.87. The van der Waals surface area contributed by atoms with E-state index in [1.54, 1.807) is 12.2 Å². The fourth-order valence-electron chi connectivity index (χ4n) is 2.11. The molecular formula is C11H20N2O. The van der Waals surface area contributed by atoms with Gasteiger partial charge in [-0.1, -0.05) is 18.9 Å². The van der Waals surface area contributed by atoms with Crippen LogP contribution in [0.25, 0.3) is 0 Å². The number of hydrogen-bond donors (Lipinski definition) is 2. The Hall–Kier alpha value is -0.830. The van der Waals surface area contributed by atoms with E-state index in [1.165, 1.54) is 25.7 Å². The summed E-state index contributed by atoms with van der Waals surface area (Å²) in [5, 5.41) is 2.96. The number of rotatable bonds is 4. The van der Waals surface area contributed by atoms with Gasteiger partial charge in [-0.05, 0) is 31.8 Å². The summed E-state index contributed by atoms with van der Waals surface area (Å²) in [6, 6.07) is 0.168. The molecule has 3 heteroatoms. The van der Waals surface area contributed by atoms with Gasteiger partial charge < -0.3 is 11.1 Å². The maximum atomic E-state index is 11.3. The molecule has 1 unspecified atom stereocenters. The van der Waals surface area contributed by atoms with Crippen LogP contribution >= 0.6 is 0 Å². The first kappa shape index (κ1) is 11.2. The zero-order valence-corrected chi connectivity index (χ0v) is 8.83. The van der Waals surface area contributed by atoms with Crippen molar-refractivity contribution in [1.29, 1.82) is 0 Å². The van der Waals surface area contributed by atoms with Crippen LogP contribution in [0.5, 0.6) is 0 Å². The average molecular weight is 196 g/mol. The van der Waals surface area contributed by atoms with Crippen LogP contribution in [-0.2, 0) is 4.79 Å². The highest BCUT2D eigenvalue weighted by atomic mass is 16.1. The van der Waals surface area contributed by atoms with Crippen molar-refractivity contribution in [1.82, 2.24) is 5.32 Å². The van der Waals surface area contributed by atoms with Crippen molar-refractivity contribution < 1.29 is 4.79 Å². The molecule has 14 heavy (non-hydrogen) atoms. The Bertz CT molecular complexity index is 207. The molecule has 0 aromatic carbocycles. The molecule has 1 atom stereocenters. The quantitative estimate of drug-likeness (QED) is 0.664. The highest BCUT2D eigenvalue weighted by Crippen LogP contribution is 2.27. The largest absolute Gasteiger partial charge is 0.348 e. The van der Waals surface area contributed by atoms with Gasteiger partial charge in [-0.3, -0.25) is 4.79 Å². The van der Waals surface area contributed by atoms with Crippen molar-refractivity contribution in [3.05, 3.63) is 12.2 Å². The monoisotopic (exact) mass is 196 g/mol. The molecule has 1 aliphatic rings. The molecule has 1 rings (SSSR count). The SMILES string of the molecule is C/C=C/C(=O)NC(CN)C1CCCC1. The summed E-state index contributed by atoms with van der Waals surface area (Å²) >= 11 is 0. The standard InChI is InChI=1S/C11H20N2O/c1-2-5-11(14)13-10(8-12)9-6-3-4-7-9/h2,5,9-10H,3-4,6-8,12H2,1H3,(H,13,14)/b5-2+. The van der Waals surface area contributed by atoms with Crippen molar-refractivity contribution in [2.45, 2.75) is 38.6 Å². The first-order valence-corrected chi connectivity index (χ1v) is 5.41. The molecule has 0 bridgehead atoms.